The first-order valence-corrected chi connectivity index (χ1v) is 5.80. The van der Waals surface area contributed by atoms with E-state index in [1.807, 2.05) is 13.1 Å². The van der Waals surface area contributed by atoms with Crippen LogP contribution in [-0.4, -0.2) is 19.9 Å². The third-order valence-corrected chi connectivity index (χ3v) is 3.41. The Hall–Kier alpha value is -1.69. The van der Waals surface area contributed by atoms with Gasteiger partial charge in [0.1, 0.15) is 5.69 Å². The highest BCUT2D eigenvalue weighted by atomic mass is 16.5. The highest BCUT2D eigenvalue weighted by Crippen LogP contribution is 2.35. The van der Waals surface area contributed by atoms with Crippen LogP contribution in [0.4, 0.5) is 0 Å². The second-order valence-electron chi connectivity index (χ2n) is 4.63. The van der Waals surface area contributed by atoms with Crippen molar-refractivity contribution in [3.05, 3.63) is 18.1 Å². The third-order valence-electron chi connectivity index (χ3n) is 3.41. The summed E-state index contributed by atoms with van der Waals surface area (Å²) in [6, 6.07) is 1.84. The summed E-state index contributed by atoms with van der Waals surface area (Å²) >= 11 is 0. The van der Waals surface area contributed by atoms with Crippen LogP contribution in [-0.2, 0) is 12.6 Å². The maximum atomic E-state index is 6.28. The van der Waals surface area contributed by atoms with Gasteiger partial charge in [0.25, 0.3) is 5.89 Å². The second-order valence-corrected chi connectivity index (χ2v) is 4.63. The molecule has 17 heavy (non-hydrogen) atoms. The van der Waals surface area contributed by atoms with Crippen molar-refractivity contribution in [2.75, 3.05) is 0 Å². The molecule has 1 fully saturated rings. The van der Waals surface area contributed by atoms with Crippen LogP contribution in [0, 0.1) is 0 Å². The molecule has 1 aliphatic carbocycles. The lowest BCUT2D eigenvalue weighted by molar-refractivity contribution is 0.371. The SMILES string of the molecule is Cn1nccc1-c1nc(C2(N)CCCC2)no1. The number of nitrogens with two attached hydrogens (primary N) is 1. The molecular formula is C11H15N5O. The fraction of sp³-hybridized carbons (Fsp3) is 0.545. The summed E-state index contributed by atoms with van der Waals surface area (Å²) in [6.07, 6.45) is 5.82. The summed E-state index contributed by atoms with van der Waals surface area (Å²) in [5.74, 6) is 1.10. The molecule has 3 rings (SSSR count). The van der Waals surface area contributed by atoms with Crippen LogP contribution >= 0.6 is 0 Å². The zero-order chi connectivity index (χ0) is 11.9. The van der Waals surface area contributed by atoms with Crippen molar-refractivity contribution in [1.29, 1.82) is 0 Å². The van der Waals surface area contributed by atoms with E-state index in [2.05, 4.69) is 15.2 Å². The Kier molecular flexibility index (Phi) is 2.25. The van der Waals surface area contributed by atoms with Gasteiger partial charge >= 0.3 is 0 Å². The fourth-order valence-corrected chi connectivity index (χ4v) is 2.34. The molecule has 2 heterocycles. The zero-order valence-corrected chi connectivity index (χ0v) is 9.76. The van der Waals surface area contributed by atoms with E-state index in [0.29, 0.717) is 11.7 Å². The molecule has 0 saturated heterocycles. The molecule has 0 radical (unpaired) electrons. The van der Waals surface area contributed by atoms with Crippen molar-refractivity contribution >= 4 is 0 Å². The minimum Gasteiger partial charge on any atom is -0.332 e. The molecule has 2 aromatic heterocycles. The molecular weight excluding hydrogens is 218 g/mol. The molecule has 0 aromatic carbocycles. The van der Waals surface area contributed by atoms with Gasteiger partial charge in [0, 0.05) is 13.2 Å². The Bertz CT molecular complexity index is 523. The first-order valence-electron chi connectivity index (χ1n) is 5.80. The summed E-state index contributed by atoms with van der Waals surface area (Å²) in [5.41, 5.74) is 6.69. The zero-order valence-electron chi connectivity index (χ0n) is 9.76. The van der Waals surface area contributed by atoms with Gasteiger partial charge in [-0.3, -0.25) is 4.68 Å². The quantitative estimate of drug-likeness (QED) is 0.842. The van der Waals surface area contributed by atoms with E-state index in [1.54, 1.807) is 10.9 Å². The summed E-state index contributed by atoms with van der Waals surface area (Å²) in [6.45, 7) is 0. The van der Waals surface area contributed by atoms with Crippen molar-refractivity contribution < 1.29 is 4.52 Å². The van der Waals surface area contributed by atoms with E-state index < -0.39 is 5.54 Å². The van der Waals surface area contributed by atoms with Crippen molar-refractivity contribution in [2.24, 2.45) is 12.8 Å². The second kappa shape index (κ2) is 3.66. The lowest BCUT2D eigenvalue weighted by atomic mass is 9.99. The molecule has 1 aliphatic rings. The van der Waals surface area contributed by atoms with Crippen molar-refractivity contribution in [2.45, 2.75) is 31.2 Å². The molecule has 6 nitrogen and oxygen atoms in total. The molecule has 0 aliphatic heterocycles. The molecule has 0 atom stereocenters. The van der Waals surface area contributed by atoms with Gasteiger partial charge < -0.3 is 10.3 Å². The van der Waals surface area contributed by atoms with Crippen molar-refractivity contribution in [3.8, 4) is 11.6 Å². The third kappa shape index (κ3) is 1.64. The number of hydrogen-bond donors (Lipinski definition) is 1. The fourth-order valence-electron chi connectivity index (χ4n) is 2.34. The van der Waals surface area contributed by atoms with Crippen LogP contribution in [0.3, 0.4) is 0 Å². The van der Waals surface area contributed by atoms with E-state index in [1.165, 1.54) is 0 Å². The molecule has 0 unspecified atom stereocenters. The summed E-state index contributed by atoms with van der Waals surface area (Å²) in [5, 5.41) is 8.09. The van der Waals surface area contributed by atoms with Gasteiger partial charge in [-0.15, -0.1) is 0 Å². The van der Waals surface area contributed by atoms with Gasteiger partial charge in [-0.2, -0.15) is 10.1 Å². The van der Waals surface area contributed by atoms with E-state index in [4.69, 9.17) is 10.3 Å². The molecule has 0 spiro atoms. The monoisotopic (exact) mass is 233 g/mol. The Balaban J connectivity index is 1.96. The first-order chi connectivity index (χ1) is 8.19. The Morgan fingerprint density at radius 3 is 2.82 bits per heavy atom. The summed E-state index contributed by atoms with van der Waals surface area (Å²) in [4.78, 5) is 4.40. The number of aromatic nitrogens is 4. The van der Waals surface area contributed by atoms with Crippen LogP contribution < -0.4 is 5.73 Å². The molecule has 2 aromatic rings. The topological polar surface area (TPSA) is 82.8 Å². The van der Waals surface area contributed by atoms with Gasteiger partial charge in [0.15, 0.2) is 5.82 Å². The number of hydrogen-bond acceptors (Lipinski definition) is 5. The Morgan fingerprint density at radius 1 is 1.41 bits per heavy atom. The largest absolute Gasteiger partial charge is 0.332 e. The predicted octanol–water partition coefficient (Wildman–Crippen LogP) is 1.20. The average molecular weight is 233 g/mol. The first kappa shape index (κ1) is 10.5. The molecule has 0 bridgehead atoms. The molecule has 90 valence electrons. The van der Waals surface area contributed by atoms with Gasteiger partial charge in [0.05, 0.1) is 5.54 Å². The summed E-state index contributed by atoms with van der Waals surface area (Å²) in [7, 11) is 1.84. The highest BCUT2D eigenvalue weighted by Gasteiger charge is 2.36. The van der Waals surface area contributed by atoms with Gasteiger partial charge in [-0.1, -0.05) is 18.0 Å². The van der Waals surface area contributed by atoms with Crippen LogP contribution in [0.5, 0.6) is 0 Å². The Labute approximate surface area is 98.8 Å². The maximum absolute atomic E-state index is 6.28. The van der Waals surface area contributed by atoms with Gasteiger partial charge in [0.2, 0.25) is 0 Å². The van der Waals surface area contributed by atoms with E-state index in [9.17, 15) is 0 Å². The highest BCUT2D eigenvalue weighted by molar-refractivity contribution is 5.46. The van der Waals surface area contributed by atoms with E-state index >= 15 is 0 Å². The smallest absolute Gasteiger partial charge is 0.276 e. The van der Waals surface area contributed by atoms with Crippen LogP contribution in [0.1, 0.15) is 31.5 Å². The maximum Gasteiger partial charge on any atom is 0.276 e. The van der Waals surface area contributed by atoms with E-state index in [-0.39, 0.29) is 0 Å². The number of rotatable bonds is 2. The lowest BCUT2D eigenvalue weighted by Crippen LogP contribution is -2.34. The standard InChI is InChI=1S/C11H15N5O/c1-16-8(4-7-13-16)9-14-10(15-17-9)11(12)5-2-3-6-11/h4,7H,2-3,5-6,12H2,1H3. The molecule has 0 amide bonds. The average Bonchev–Trinajstić information content (AvgIpc) is 2.97. The Morgan fingerprint density at radius 2 is 2.18 bits per heavy atom. The van der Waals surface area contributed by atoms with Gasteiger partial charge in [-0.05, 0) is 18.9 Å². The minimum atomic E-state index is -0.402. The van der Waals surface area contributed by atoms with Gasteiger partial charge in [-0.25, -0.2) is 0 Å². The molecule has 6 heteroatoms. The van der Waals surface area contributed by atoms with Crippen molar-refractivity contribution in [1.82, 2.24) is 19.9 Å². The molecule has 1 saturated carbocycles. The molecule has 2 N–H and O–H groups in total. The van der Waals surface area contributed by atoms with Crippen LogP contribution in [0.2, 0.25) is 0 Å². The van der Waals surface area contributed by atoms with Crippen LogP contribution in [0.25, 0.3) is 11.6 Å². The summed E-state index contributed by atoms with van der Waals surface area (Å²) < 4.78 is 6.97. The minimum absolute atomic E-state index is 0.402. The number of nitrogens with zero attached hydrogens (tertiary/aromatic N) is 4. The normalized spacial score (nSPS) is 18.7. The van der Waals surface area contributed by atoms with Crippen LogP contribution in [0.15, 0.2) is 16.8 Å². The predicted molar refractivity (Wildman–Crippen MR) is 60.8 cm³/mol. The van der Waals surface area contributed by atoms with Crippen molar-refractivity contribution in [3.63, 3.8) is 0 Å². The van der Waals surface area contributed by atoms with E-state index in [0.717, 1.165) is 31.4 Å². The number of aryl methyl sites for hydroxylation is 1. The lowest BCUT2D eigenvalue weighted by Gasteiger charge is -2.17.